The van der Waals surface area contributed by atoms with Crippen LogP contribution in [0.5, 0.6) is 0 Å². The molecule has 17 heavy (non-hydrogen) atoms. The van der Waals surface area contributed by atoms with Gasteiger partial charge in [0, 0.05) is 12.6 Å². The van der Waals surface area contributed by atoms with Gasteiger partial charge >= 0.3 is 0 Å². The van der Waals surface area contributed by atoms with Crippen LogP contribution >= 0.6 is 0 Å². The Bertz CT molecular complexity index is 347. The van der Waals surface area contributed by atoms with Crippen LogP contribution in [0.4, 0.5) is 11.6 Å². The average Bonchev–Trinajstić information content (AvgIpc) is 2.24. The Hall–Kier alpha value is -1.25. The minimum Gasteiger partial charge on any atom is -0.370 e. The summed E-state index contributed by atoms with van der Waals surface area (Å²) < 4.78 is 0. The van der Waals surface area contributed by atoms with E-state index in [0.717, 1.165) is 30.5 Å². The van der Waals surface area contributed by atoms with Gasteiger partial charge in [-0.1, -0.05) is 19.4 Å². The summed E-state index contributed by atoms with van der Waals surface area (Å²) >= 11 is 0. The van der Waals surface area contributed by atoms with Crippen molar-refractivity contribution in [2.24, 2.45) is 5.92 Å². The number of nitrogens with zero attached hydrogens (tertiary/aromatic N) is 1. The number of aromatic nitrogens is 1. The predicted molar refractivity (Wildman–Crippen MR) is 73.4 cm³/mol. The zero-order valence-corrected chi connectivity index (χ0v) is 10.9. The van der Waals surface area contributed by atoms with E-state index in [-0.39, 0.29) is 0 Å². The largest absolute Gasteiger partial charge is 0.370 e. The van der Waals surface area contributed by atoms with Crippen LogP contribution in [0.1, 0.15) is 39.5 Å². The highest BCUT2D eigenvalue weighted by Crippen LogP contribution is 2.30. The van der Waals surface area contributed by atoms with Gasteiger partial charge in [0.25, 0.3) is 0 Å². The molecule has 1 aromatic heterocycles. The molecular weight excluding hydrogens is 210 g/mol. The Morgan fingerprint density at radius 2 is 2.12 bits per heavy atom. The van der Waals surface area contributed by atoms with Crippen molar-refractivity contribution in [3.8, 4) is 0 Å². The lowest BCUT2D eigenvalue weighted by Gasteiger charge is -2.32. The molecule has 0 amide bonds. The quantitative estimate of drug-likeness (QED) is 0.789. The van der Waals surface area contributed by atoms with E-state index in [1.165, 1.54) is 19.3 Å². The second kappa shape index (κ2) is 5.89. The zero-order chi connectivity index (χ0) is 12.1. The highest BCUT2D eigenvalue weighted by Gasteiger charge is 2.23. The van der Waals surface area contributed by atoms with E-state index in [2.05, 4.69) is 35.5 Å². The topological polar surface area (TPSA) is 37.0 Å². The van der Waals surface area contributed by atoms with Crippen molar-refractivity contribution in [1.29, 1.82) is 0 Å². The summed E-state index contributed by atoms with van der Waals surface area (Å²) in [6.45, 7) is 5.40. The van der Waals surface area contributed by atoms with Crippen molar-refractivity contribution in [2.75, 3.05) is 17.2 Å². The molecule has 0 aliphatic heterocycles. The van der Waals surface area contributed by atoms with Gasteiger partial charge in [-0.2, -0.15) is 0 Å². The van der Waals surface area contributed by atoms with Crippen LogP contribution in [0, 0.1) is 5.92 Å². The molecule has 1 aliphatic carbocycles. The maximum atomic E-state index is 4.57. The first kappa shape index (κ1) is 12.2. The summed E-state index contributed by atoms with van der Waals surface area (Å²) in [5.41, 5.74) is 0. The number of hydrogen-bond acceptors (Lipinski definition) is 3. The zero-order valence-electron chi connectivity index (χ0n) is 10.9. The van der Waals surface area contributed by atoms with Gasteiger partial charge < -0.3 is 10.6 Å². The molecule has 0 bridgehead atoms. The van der Waals surface area contributed by atoms with E-state index < -0.39 is 0 Å². The van der Waals surface area contributed by atoms with Gasteiger partial charge in [-0.25, -0.2) is 4.98 Å². The summed E-state index contributed by atoms with van der Waals surface area (Å²) in [7, 11) is 0. The summed E-state index contributed by atoms with van der Waals surface area (Å²) in [6, 6.07) is 6.67. The maximum absolute atomic E-state index is 4.57. The lowest BCUT2D eigenvalue weighted by Crippen LogP contribution is -2.31. The Kier molecular flexibility index (Phi) is 4.24. The minimum atomic E-state index is 0.540. The van der Waals surface area contributed by atoms with Crippen molar-refractivity contribution < 1.29 is 0 Å². The molecule has 1 fully saturated rings. The molecule has 0 aromatic carbocycles. The molecule has 2 N–H and O–H groups in total. The lowest BCUT2D eigenvalue weighted by atomic mass is 9.80. The van der Waals surface area contributed by atoms with E-state index in [0.29, 0.717) is 6.04 Å². The van der Waals surface area contributed by atoms with Crippen LogP contribution in [-0.2, 0) is 0 Å². The Morgan fingerprint density at radius 3 is 2.76 bits per heavy atom. The molecule has 1 saturated carbocycles. The van der Waals surface area contributed by atoms with E-state index in [9.17, 15) is 0 Å². The molecule has 3 nitrogen and oxygen atoms in total. The second-order valence-electron chi connectivity index (χ2n) is 4.96. The number of nitrogens with one attached hydrogen (secondary N) is 2. The Balaban J connectivity index is 1.90. The normalized spacial score (nSPS) is 17.3. The maximum Gasteiger partial charge on any atom is 0.128 e. The smallest absolute Gasteiger partial charge is 0.128 e. The molecule has 1 unspecified atom stereocenters. The third kappa shape index (κ3) is 3.35. The predicted octanol–water partition coefficient (Wildman–Crippen LogP) is 3.50. The van der Waals surface area contributed by atoms with Crippen LogP contribution < -0.4 is 10.6 Å². The first-order valence-electron chi connectivity index (χ1n) is 6.77. The second-order valence-corrected chi connectivity index (χ2v) is 4.96. The fraction of sp³-hybridized carbons (Fsp3) is 0.643. The van der Waals surface area contributed by atoms with Crippen molar-refractivity contribution in [1.82, 2.24) is 4.98 Å². The average molecular weight is 233 g/mol. The molecular formula is C14H23N3. The van der Waals surface area contributed by atoms with Crippen LogP contribution in [0.3, 0.4) is 0 Å². The molecule has 0 saturated heterocycles. The van der Waals surface area contributed by atoms with Gasteiger partial charge in [0.05, 0.1) is 0 Å². The third-order valence-corrected chi connectivity index (χ3v) is 3.54. The standard InChI is InChI=1S/C14H23N3/c1-3-10-15-13-8-5-9-14(17-13)16-11(2)12-6-4-7-12/h5,8-9,11-12H,3-4,6-7,10H2,1-2H3,(H2,15,16,17). The van der Waals surface area contributed by atoms with Crippen molar-refractivity contribution in [2.45, 2.75) is 45.6 Å². The fourth-order valence-corrected chi connectivity index (χ4v) is 2.16. The van der Waals surface area contributed by atoms with Crippen molar-refractivity contribution in [3.63, 3.8) is 0 Å². The summed E-state index contributed by atoms with van der Waals surface area (Å²) in [5.74, 6) is 2.80. The molecule has 1 aliphatic rings. The fourth-order valence-electron chi connectivity index (χ4n) is 2.16. The molecule has 2 rings (SSSR count). The summed E-state index contributed by atoms with van der Waals surface area (Å²) in [6.07, 6.45) is 5.24. The molecule has 94 valence electrons. The van der Waals surface area contributed by atoms with Gasteiger partial charge in [0.1, 0.15) is 11.6 Å². The molecule has 1 atom stereocenters. The SMILES string of the molecule is CCCNc1cccc(NC(C)C2CCC2)n1. The van der Waals surface area contributed by atoms with E-state index in [1.807, 2.05) is 12.1 Å². The van der Waals surface area contributed by atoms with Gasteiger partial charge in [-0.05, 0) is 44.2 Å². The summed E-state index contributed by atoms with van der Waals surface area (Å²) in [5, 5.41) is 6.82. The van der Waals surface area contributed by atoms with Gasteiger partial charge in [-0.3, -0.25) is 0 Å². The van der Waals surface area contributed by atoms with E-state index in [1.54, 1.807) is 0 Å². The van der Waals surface area contributed by atoms with Gasteiger partial charge in [-0.15, -0.1) is 0 Å². The molecule has 1 heterocycles. The first-order valence-corrected chi connectivity index (χ1v) is 6.77. The highest BCUT2D eigenvalue weighted by molar-refractivity contribution is 5.45. The van der Waals surface area contributed by atoms with Gasteiger partial charge in [0.15, 0.2) is 0 Å². The molecule has 0 spiro atoms. The van der Waals surface area contributed by atoms with Crippen molar-refractivity contribution in [3.05, 3.63) is 18.2 Å². The number of anilines is 2. The number of rotatable bonds is 6. The Morgan fingerprint density at radius 1 is 1.35 bits per heavy atom. The van der Waals surface area contributed by atoms with Crippen molar-refractivity contribution >= 4 is 11.6 Å². The lowest BCUT2D eigenvalue weighted by molar-refractivity contribution is 0.285. The first-order chi connectivity index (χ1) is 8.29. The molecule has 3 heteroatoms. The minimum absolute atomic E-state index is 0.540. The highest BCUT2D eigenvalue weighted by atomic mass is 15.1. The molecule has 1 aromatic rings. The van der Waals surface area contributed by atoms with E-state index >= 15 is 0 Å². The number of pyridine rings is 1. The summed E-state index contributed by atoms with van der Waals surface area (Å²) in [4.78, 5) is 4.57. The monoisotopic (exact) mass is 233 g/mol. The van der Waals surface area contributed by atoms with Crippen LogP contribution in [0.25, 0.3) is 0 Å². The third-order valence-electron chi connectivity index (χ3n) is 3.54. The van der Waals surface area contributed by atoms with Gasteiger partial charge in [0.2, 0.25) is 0 Å². The van der Waals surface area contributed by atoms with E-state index in [4.69, 9.17) is 0 Å². The Labute approximate surface area is 104 Å². The number of hydrogen-bond donors (Lipinski definition) is 2. The van der Waals surface area contributed by atoms with Crippen LogP contribution in [-0.4, -0.2) is 17.6 Å². The van der Waals surface area contributed by atoms with Crippen LogP contribution in [0.2, 0.25) is 0 Å². The van der Waals surface area contributed by atoms with Crippen LogP contribution in [0.15, 0.2) is 18.2 Å². The molecule has 0 radical (unpaired) electrons.